The zero-order chi connectivity index (χ0) is 14.4. The van der Waals surface area contributed by atoms with Gasteiger partial charge < -0.3 is 14.9 Å². The molecule has 1 rings (SSSR count). The van der Waals surface area contributed by atoms with Crippen molar-refractivity contribution in [3.05, 3.63) is 0 Å². The smallest absolute Gasteiger partial charge is 0.323 e. The molecule has 0 unspecified atom stereocenters. The van der Waals surface area contributed by atoms with Crippen LogP contribution in [0, 0.1) is 0 Å². The van der Waals surface area contributed by atoms with Crippen molar-refractivity contribution in [1.29, 1.82) is 0 Å². The molecular weight excluding hydrogens is 244 g/mol. The predicted molar refractivity (Wildman–Crippen MR) is 74.1 cm³/mol. The fourth-order valence-corrected chi connectivity index (χ4v) is 2.72. The van der Waals surface area contributed by atoms with Crippen LogP contribution in [0.3, 0.4) is 0 Å². The Morgan fingerprint density at radius 3 is 2.21 bits per heavy atom. The third-order valence-corrected chi connectivity index (χ3v) is 3.78. The second kappa shape index (κ2) is 7.36. The maximum Gasteiger partial charge on any atom is 0.323 e. The molecule has 1 fully saturated rings. The minimum absolute atomic E-state index is 0.0961. The summed E-state index contributed by atoms with van der Waals surface area (Å²) in [7, 11) is 0. The molecule has 2 amide bonds. The molecular formula is C14H26N2O3. The first-order valence-corrected chi connectivity index (χ1v) is 7.26. The summed E-state index contributed by atoms with van der Waals surface area (Å²) >= 11 is 0. The van der Waals surface area contributed by atoms with Crippen LogP contribution in [0.5, 0.6) is 0 Å². The summed E-state index contributed by atoms with van der Waals surface area (Å²) in [6, 6.07) is 0.0503. The van der Waals surface area contributed by atoms with E-state index >= 15 is 0 Å². The Morgan fingerprint density at radius 2 is 1.79 bits per heavy atom. The number of amides is 2. The van der Waals surface area contributed by atoms with Crippen molar-refractivity contribution in [3.63, 3.8) is 0 Å². The van der Waals surface area contributed by atoms with Gasteiger partial charge >= 0.3 is 12.0 Å². The standard InChI is InChI=1S/C14H26N2O3/c1-4-15(12-8-6-5-7-9-12)14(19)16(11(2)3)10-13(17)18/h11-12H,4-10H2,1-3H3,(H,17,18). The van der Waals surface area contributed by atoms with Crippen LogP contribution in [0.1, 0.15) is 52.9 Å². The molecule has 5 heteroatoms. The Balaban J connectivity index is 2.76. The molecule has 0 radical (unpaired) electrons. The van der Waals surface area contributed by atoms with Gasteiger partial charge in [-0.15, -0.1) is 0 Å². The van der Waals surface area contributed by atoms with Crippen molar-refractivity contribution in [3.8, 4) is 0 Å². The molecule has 0 heterocycles. The summed E-state index contributed by atoms with van der Waals surface area (Å²) in [5.41, 5.74) is 0. The van der Waals surface area contributed by atoms with E-state index in [0.717, 1.165) is 25.7 Å². The first kappa shape index (κ1) is 15.8. The second-order valence-electron chi connectivity index (χ2n) is 5.48. The Morgan fingerprint density at radius 1 is 1.21 bits per heavy atom. The molecule has 19 heavy (non-hydrogen) atoms. The lowest BCUT2D eigenvalue weighted by molar-refractivity contribution is -0.138. The monoisotopic (exact) mass is 270 g/mol. The first-order chi connectivity index (χ1) is 8.97. The van der Waals surface area contributed by atoms with Crippen LogP contribution in [-0.2, 0) is 4.79 Å². The van der Waals surface area contributed by atoms with Gasteiger partial charge in [0.1, 0.15) is 6.54 Å². The van der Waals surface area contributed by atoms with Gasteiger partial charge in [-0.25, -0.2) is 4.79 Å². The maximum absolute atomic E-state index is 12.5. The second-order valence-corrected chi connectivity index (χ2v) is 5.48. The number of nitrogens with zero attached hydrogens (tertiary/aromatic N) is 2. The van der Waals surface area contributed by atoms with Gasteiger partial charge in [-0.05, 0) is 33.6 Å². The average Bonchev–Trinajstić information content (AvgIpc) is 2.37. The molecule has 0 aliphatic heterocycles. The van der Waals surface area contributed by atoms with Gasteiger partial charge in [0.25, 0.3) is 0 Å². The molecule has 1 saturated carbocycles. The summed E-state index contributed by atoms with van der Waals surface area (Å²) < 4.78 is 0. The van der Waals surface area contributed by atoms with Crippen LogP contribution < -0.4 is 0 Å². The van der Waals surface area contributed by atoms with Crippen LogP contribution in [-0.4, -0.2) is 52.1 Å². The minimum atomic E-state index is -0.957. The zero-order valence-electron chi connectivity index (χ0n) is 12.3. The van der Waals surface area contributed by atoms with Crippen LogP contribution in [0.15, 0.2) is 0 Å². The summed E-state index contributed by atoms with van der Waals surface area (Å²) in [6.45, 7) is 6.10. The van der Waals surface area contributed by atoms with E-state index in [1.165, 1.54) is 11.3 Å². The molecule has 0 saturated heterocycles. The van der Waals surface area contributed by atoms with Crippen LogP contribution in [0.2, 0.25) is 0 Å². The number of carbonyl (C=O) groups is 2. The number of carbonyl (C=O) groups excluding carboxylic acids is 1. The minimum Gasteiger partial charge on any atom is -0.480 e. The summed E-state index contributed by atoms with van der Waals surface area (Å²) in [5, 5.41) is 8.93. The lowest BCUT2D eigenvalue weighted by atomic mass is 9.94. The molecule has 1 aliphatic rings. The van der Waals surface area contributed by atoms with E-state index in [1.807, 2.05) is 25.7 Å². The third kappa shape index (κ3) is 4.40. The van der Waals surface area contributed by atoms with Crippen molar-refractivity contribution >= 4 is 12.0 Å². The highest BCUT2D eigenvalue weighted by Gasteiger charge is 2.29. The quantitative estimate of drug-likeness (QED) is 0.835. The van der Waals surface area contributed by atoms with Gasteiger partial charge in [0.15, 0.2) is 0 Å². The van der Waals surface area contributed by atoms with Gasteiger partial charge in [-0.2, -0.15) is 0 Å². The topological polar surface area (TPSA) is 60.9 Å². The molecule has 0 bridgehead atoms. The fraction of sp³-hybridized carbons (Fsp3) is 0.857. The van der Waals surface area contributed by atoms with E-state index in [-0.39, 0.29) is 24.7 Å². The van der Waals surface area contributed by atoms with E-state index in [0.29, 0.717) is 6.54 Å². The number of carboxylic acid groups (broad SMARTS) is 1. The van der Waals surface area contributed by atoms with Gasteiger partial charge in [-0.1, -0.05) is 19.3 Å². The van der Waals surface area contributed by atoms with E-state index in [2.05, 4.69) is 0 Å². The molecule has 1 aliphatic carbocycles. The Hall–Kier alpha value is -1.26. The van der Waals surface area contributed by atoms with Crippen molar-refractivity contribution in [2.24, 2.45) is 0 Å². The maximum atomic E-state index is 12.5. The Kier molecular flexibility index (Phi) is 6.12. The van der Waals surface area contributed by atoms with Crippen molar-refractivity contribution in [2.45, 2.75) is 65.0 Å². The summed E-state index contributed by atoms with van der Waals surface area (Å²) in [6.07, 6.45) is 5.65. The molecule has 1 N–H and O–H groups in total. The van der Waals surface area contributed by atoms with Crippen LogP contribution >= 0.6 is 0 Å². The molecule has 0 atom stereocenters. The van der Waals surface area contributed by atoms with Crippen molar-refractivity contribution in [1.82, 2.24) is 9.80 Å². The van der Waals surface area contributed by atoms with Crippen molar-refractivity contribution in [2.75, 3.05) is 13.1 Å². The van der Waals surface area contributed by atoms with Gasteiger partial charge in [0.05, 0.1) is 0 Å². The molecule has 0 spiro atoms. The SMILES string of the molecule is CCN(C(=O)N(CC(=O)O)C(C)C)C1CCCCC1. The van der Waals surface area contributed by atoms with E-state index in [1.54, 1.807) is 0 Å². The molecule has 0 aromatic carbocycles. The Bertz CT molecular complexity index is 312. The lowest BCUT2D eigenvalue weighted by Crippen LogP contribution is -2.52. The van der Waals surface area contributed by atoms with E-state index < -0.39 is 5.97 Å². The normalized spacial score (nSPS) is 16.4. The number of aliphatic carboxylic acids is 1. The molecule has 5 nitrogen and oxygen atoms in total. The van der Waals surface area contributed by atoms with Crippen LogP contribution in [0.4, 0.5) is 4.79 Å². The summed E-state index contributed by atoms with van der Waals surface area (Å²) in [4.78, 5) is 26.7. The van der Waals surface area contributed by atoms with E-state index in [4.69, 9.17) is 5.11 Å². The molecule has 0 aromatic heterocycles. The van der Waals surface area contributed by atoms with Crippen LogP contribution in [0.25, 0.3) is 0 Å². The fourth-order valence-electron chi connectivity index (χ4n) is 2.72. The number of hydrogen-bond acceptors (Lipinski definition) is 2. The molecule has 0 aromatic rings. The highest BCUT2D eigenvalue weighted by Crippen LogP contribution is 2.23. The zero-order valence-corrected chi connectivity index (χ0v) is 12.3. The van der Waals surface area contributed by atoms with Gasteiger partial charge in [-0.3, -0.25) is 4.79 Å². The number of urea groups is 1. The highest BCUT2D eigenvalue weighted by molar-refractivity contribution is 5.80. The van der Waals surface area contributed by atoms with Crippen molar-refractivity contribution < 1.29 is 14.7 Å². The number of hydrogen-bond donors (Lipinski definition) is 1. The predicted octanol–water partition coefficient (Wildman–Crippen LogP) is 2.56. The Labute approximate surface area is 115 Å². The lowest BCUT2D eigenvalue weighted by Gasteiger charge is -2.38. The number of rotatable bonds is 5. The molecule has 110 valence electrons. The van der Waals surface area contributed by atoms with E-state index in [9.17, 15) is 9.59 Å². The summed E-state index contributed by atoms with van der Waals surface area (Å²) in [5.74, 6) is -0.957. The highest BCUT2D eigenvalue weighted by atomic mass is 16.4. The average molecular weight is 270 g/mol. The van der Waals surface area contributed by atoms with Gasteiger partial charge in [0, 0.05) is 18.6 Å². The number of carboxylic acids is 1. The van der Waals surface area contributed by atoms with Gasteiger partial charge in [0.2, 0.25) is 0 Å². The first-order valence-electron chi connectivity index (χ1n) is 7.26. The largest absolute Gasteiger partial charge is 0.480 e. The third-order valence-electron chi connectivity index (χ3n) is 3.78.